The topological polar surface area (TPSA) is 46.6 Å². The van der Waals surface area contributed by atoms with E-state index in [1.165, 1.54) is 6.08 Å². The van der Waals surface area contributed by atoms with Crippen molar-refractivity contribution < 1.29 is 14.3 Å². The normalized spacial score (nSPS) is 35.9. The van der Waals surface area contributed by atoms with Gasteiger partial charge in [0.25, 0.3) is 0 Å². The Morgan fingerprint density at radius 3 is 2.92 bits per heavy atom. The summed E-state index contributed by atoms with van der Waals surface area (Å²) in [5.41, 5.74) is 0. The number of allylic oxidation sites excluding steroid dienone is 1. The van der Waals surface area contributed by atoms with Crippen molar-refractivity contribution in [2.24, 2.45) is 0 Å². The highest BCUT2D eigenvalue weighted by Crippen LogP contribution is 2.35. The maximum Gasteiger partial charge on any atom is 0.231 e. The fourth-order valence-corrected chi connectivity index (χ4v) is 1.60. The van der Waals surface area contributed by atoms with E-state index in [4.69, 9.17) is 4.74 Å². The predicted molar refractivity (Wildman–Crippen MR) is 39.9 cm³/mol. The van der Waals surface area contributed by atoms with Gasteiger partial charge in [0.1, 0.15) is 12.0 Å². The molecule has 2 fully saturated rings. The summed E-state index contributed by atoms with van der Waals surface area (Å²) >= 11 is 0. The van der Waals surface area contributed by atoms with Crippen LogP contribution in [0.4, 0.5) is 0 Å². The molecule has 2 heterocycles. The molecular weight excluding hydrogens is 158 g/mol. The van der Waals surface area contributed by atoms with E-state index in [0.29, 0.717) is 18.5 Å². The van der Waals surface area contributed by atoms with Gasteiger partial charge >= 0.3 is 0 Å². The first-order valence-corrected chi connectivity index (χ1v) is 3.87. The Hall–Kier alpha value is -1.32. The molecular formula is C8H9NO3. The van der Waals surface area contributed by atoms with Crippen LogP contribution in [0.1, 0.15) is 13.3 Å². The lowest BCUT2D eigenvalue weighted by molar-refractivity contribution is -0.156. The third-order valence-electron chi connectivity index (χ3n) is 2.28. The Morgan fingerprint density at radius 1 is 1.67 bits per heavy atom. The molecule has 0 radical (unpaired) electrons. The summed E-state index contributed by atoms with van der Waals surface area (Å²) < 4.78 is 5.32. The second-order valence-corrected chi connectivity index (χ2v) is 2.96. The van der Waals surface area contributed by atoms with Crippen LogP contribution in [-0.4, -0.2) is 29.4 Å². The number of nitrogens with zero attached hydrogens (tertiary/aromatic N) is 1. The van der Waals surface area contributed by atoms with Crippen LogP contribution in [0.5, 0.6) is 0 Å². The fourth-order valence-electron chi connectivity index (χ4n) is 1.60. The summed E-state index contributed by atoms with van der Waals surface area (Å²) in [6, 6.07) is -0.0681. The standard InChI is InChI=1S/C8H9NO3/c1-5-6(2-3-10)12-8-4-7(11)9(5)8/h2-3,5,8H,4H2,1H3/t5-,8+/m0/s1. The molecule has 12 heavy (non-hydrogen) atoms. The highest BCUT2D eigenvalue weighted by atomic mass is 16.5. The highest BCUT2D eigenvalue weighted by molar-refractivity contribution is 5.84. The second-order valence-electron chi connectivity index (χ2n) is 2.96. The molecule has 0 aromatic heterocycles. The zero-order chi connectivity index (χ0) is 8.72. The quantitative estimate of drug-likeness (QED) is 0.315. The van der Waals surface area contributed by atoms with Gasteiger partial charge in [-0.25, -0.2) is 0 Å². The zero-order valence-electron chi connectivity index (χ0n) is 6.69. The van der Waals surface area contributed by atoms with Gasteiger partial charge in [-0.05, 0) is 6.92 Å². The van der Waals surface area contributed by atoms with Crippen molar-refractivity contribution in [2.75, 3.05) is 0 Å². The summed E-state index contributed by atoms with van der Waals surface area (Å²) in [7, 11) is 0. The molecule has 0 spiro atoms. The Balaban J connectivity index is 2.20. The van der Waals surface area contributed by atoms with Crippen LogP contribution >= 0.6 is 0 Å². The van der Waals surface area contributed by atoms with E-state index in [9.17, 15) is 9.59 Å². The molecule has 1 amide bonds. The number of hydrogen-bond donors (Lipinski definition) is 0. The average Bonchev–Trinajstić information content (AvgIpc) is 2.24. The molecule has 0 saturated carbocycles. The third-order valence-corrected chi connectivity index (χ3v) is 2.28. The van der Waals surface area contributed by atoms with E-state index in [1.807, 2.05) is 6.92 Å². The van der Waals surface area contributed by atoms with Crippen molar-refractivity contribution in [1.82, 2.24) is 4.90 Å². The number of β-lactam (4-membered cyclic amide) rings is 1. The highest BCUT2D eigenvalue weighted by Gasteiger charge is 2.48. The average molecular weight is 167 g/mol. The molecule has 0 bridgehead atoms. The van der Waals surface area contributed by atoms with Crippen molar-refractivity contribution in [3.8, 4) is 0 Å². The first kappa shape index (κ1) is 7.34. The maximum absolute atomic E-state index is 11.0. The smallest absolute Gasteiger partial charge is 0.231 e. The molecule has 2 atom stereocenters. The molecule has 4 heteroatoms. The van der Waals surface area contributed by atoms with Crippen LogP contribution in [0.3, 0.4) is 0 Å². The van der Waals surface area contributed by atoms with E-state index >= 15 is 0 Å². The SMILES string of the molecule is C[C@H]1C(=CC=O)O[C@@H]2CC(=O)N21. The number of rotatable bonds is 1. The molecule has 0 aromatic rings. The number of hydrogen-bond acceptors (Lipinski definition) is 3. The zero-order valence-corrected chi connectivity index (χ0v) is 6.69. The van der Waals surface area contributed by atoms with Gasteiger partial charge in [0.15, 0.2) is 6.23 Å². The van der Waals surface area contributed by atoms with Crippen molar-refractivity contribution in [3.63, 3.8) is 0 Å². The monoisotopic (exact) mass is 167 g/mol. The maximum atomic E-state index is 11.0. The van der Waals surface area contributed by atoms with E-state index in [1.54, 1.807) is 4.90 Å². The Morgan fingerprint density at radius 2 is 2.42 bits per heavy atom. The van der Waals surface area contributed by atoms with Gasteiger partial charge in [0.2, 0.25) is 5.91 Å². The van der Waals surface area contributed by atoms with Gasteiger partial charge in [-0.1, -0.05) is 0 Å². The lowest BCUT2D eigenvalue weighted by Gasteiger charge is -2.33. The minimum absolute atomic E-state index is 0.0681. The van der Waals surface area contributed by atoms with Crippen LogP contribution in [0, 0.1) is 0 Å². The molecule has 0 aliphatic carbocycles. The molecule has 4 nitrogen and oxygen atoms in total. The molecule has 0 unspecified atom stereocenters. The number of aldehydes is 1. The van der Waals surface area contributed by atoms with Crippen molar-refractivity contribution >= 4 is 12.2 Å². The van der Waals surface area contributed by atoms with Gasteiger partial charge in [-0.3, -0.25) is 14.5 Å². The second kappa shape index (κ2) is 2.33. The number of fused-ring (bicyclic) bond motifs is 1. The van der Waals surface area contributed by atoms with Crippen LogP contribution in [0.2, 0.25) is 0 Å². The lowest BCUT2D eigenvalue weighted by Crippen LogP contribution is -2.51. The summed E-state index contributed by atoms with van der Waals surface area (Å²) in [6.07, 6.45) is 2.39. The number of amides is 1. The largest absolute Gasteiger partial charge is 0.472 e. The van der Waals surface area contributed by atoms with Crippen molar-refractivity contribution in [2.45, 2.75) is 25.6 Å². The first-order valence-electron chi connectivity index (χ1n) is 3.87. The van der Waals surface area contributed by atoms with Crippen molar-refractivity contribution in [1.29, 1.82) is 0 Å². The minimum Gasteiger partial charge on any atom is -0.472 e. The van der Waals surface area contributed by atoms with Gasteiger partial charge in [0.05, 0.1) is 12.5 Å². The molecule has 2 rings (SSSR count). The molecule has 0 aromatic carbocycles. The minimum atomic E-state index is -0.112. The van der Waals surface area contributed by atoms with Crippen LogP contribution < -0.4 is 0 Å². The molecule has 64 valence electrons. The Bertz CT molecular complexity index is 271. The summed E-state index contributed by atoms with van der Waals surface area (Å²) in [4.78, 5) is 22.8. The number of carbonyl (C=O) groups excluding carboxylic acids is 2. The summed E-state index contributed by atoms with van der Waals surface area (Å²) in [6.45, 7) is 1.85. The van der Waals surface area contributed by atoms with E-state index in [-0.39, 0.29) is 18.2 Å². The lowest BCUT2D eigenvalue weighted by atomic mass is 10.1. The first-order chi connectivity index (χ1) is 5.74. The summed E-state index contributed by atoms with van der Waals surface area (Å²) in [5, 5.41) is 0. The van der Waals surface area contributed by atoms with Gasteiger partial charge in [-0.15, -0.1) is 0 Å². The van der Waals surface area contributed by atoms with E-state index in [2.05, 4.69) is 0 Å². The fraction of sp³-hybridized carbons (Fsp3) is 0.500. The Labute approximate surface area is 69.8 Å². The number of carbonyl (C=O) groups is 2. The van der Waals surface area contributed by atoms with Crippen LogP contribution in [0.25, 0.3) is 0 Å². The summed E-state index contributed by atoms with van der Waals surface area (Å²) in [5.74, 6) is 0.697. The third kappa shape index (κ3) is 0.776. The van der Waals surface area contributed by atoms with E-state index < -0.39 is 0 Å². The molecule has 2 aliphatic rings. The Kier molecular flexibility index (Phi) is 1.43. The molecule has 0 N–H and O–H groups in total. The van der Waals surface area contributed by atoms with Gasteiger partial charge in [0, 0.05) is 6.08 Å². The number of ether oxygens (including phenoxy) is 1. The van der Waals surface area contributed by atoms with Gasteiger partial charge in [-0.2, -0.15) is 0 Å². The van der Waals surface area contributed by atoms with Crippen molar-refractivity contribution in [3.05, 3.63) is 11.8 Å². The van der Waals surface area contributed by atoms with E-state index in [0.717, 1.165) is 0 Å². The van der Waals surface area contributed by atoms with Gasteiger partial charge < -0.3 is 4.74 Å². The predicted octanol–water partition coefficient (Wildman–Crippen LogP) is 0.0463. The molecule has 2 saturated heterocycles. The molecule has 2 aliphatic heterocycles. The van der Waals surface area contributed by atoms with Crippen LogP contribution in [0.15, 0.2) is 11.8 Å². The van der Waals surface area contributed by atoms with Crippen LogP contribution in [-0.2, 0) is 14.3 Å².